The molecule has 0 aliphatic rings. The van der Waals surface area contributed by atoms with Crippen LogP contribution in [0.5, 0.6) is 0 Å². The molecule has 0 radical (unpaired) electrons. The number of aromatic nitrogens is 3. The van der Waals surface area contributed by atoms with Gasteiger partial charge < -0.3 is 9.88 Å². The van der Waals surface area contributed by atoms with Crippen LogP contribution in [-0.4, -0.2) is 32.2 Å². The Labute approximate surface area is 194 Å². The van der Waals surface area contributed by atoms with Gasteiger partial charge in [-0.2, -0.15) is 0 Å². The molecule has 2 aromatic carbocycles. The van der Waals surface area contributed by atoms with Gasteiger partial charge in [0, 0.05) is 22.1 Å². The van der Waals surface area contributed by atoms with Crippen LogP contribution in [0.2, 0.25) is 0 Å². The van der Waals surface area contributed by atoms with E-state index in [2.05, 4.69) is 38.0 Å². The lowest BCUT2D eigenvalue weighted by Crippen LogP contribution is -2.29. The topological polar surface area (TPSA) is 76.9 Å². The number of amides is 1. The molecule has 6 nitrogen and oxygen atoms in total. The van der Waals surface area contributed by atoms with Crippen molar-refractivity contribution < 1.29 is 9.59 Å². The van der Waals surface area contributed by atoms with E-state index in [0.29, 0.717) is 28.7 Å². The highest BCUT2D eigenvalue weighted by atomic mass is 79.9. The average molecular weight is 499 g/mol. The number of benzene rings is 2. The average Bonchev–Trinajstić information content (AvgIpc) is 3.15. The SMILES string of the molecule is C=CCn1c(SCC(=O)c2ccc(Br)cc2)nnc1C(C)NC(=O)c1ccccc1C. The summed E-state index contributed by atoms with van der Waals surface area (Å²) in [7, 11) is 0. The van der Waals surface area contributed by atoms with Crippen molar-refractivity contribution in [3.63, 3.8) is 0 Å². The molecule has 1 N–H and O–H groups in total. The van der Waals surface area contributed by atoms with Crippen molar-refractivity contribution in [2.45, 2.75) is 31.6 Å². The first kappa shape index (κ1) is 23.0. The molecule has 1 unspecified atom stereocenters. The van der Waals surface area contributed by atoms with E-state index < -0.39 is 0 Å². The van der Waals surface area contributed by atoms with Crippen LogP contribution in [0.15, 0.2) is 70.8 Å². The van der Waals surface area contributed by atoms with E-state index in [1.54, 1.807) is 24.3 Å². The molecular formula is C23H23BrN4O2S. The summed E-state index contributed by atoms with van der Waals surface area (Å²) in [5.41, 5.74) is 2.17. The van der Waals surface area contributed by atoms with Gasteiger partial charge in [-0.05, 0) is 37.6 Å². The Morgan fingerprint density at radius 1 is 1.19 bits per heavy atom. The molecule has 1 amide bonds. The van der Waals surface area contributed by atoms with Gasteiger partial charge in [0.2, 0.25) is 0 Å². The first-order chi connectivity index (χ1) is 14.9. The van der Waals surface area contributed by atoms with Crippen LogP contribution in [0.1, 0.15) is 45.1 Å². The molecule has 0 fully saturated rings. The van der Waals surface area contributed by atoms with Gasteiger partial charge in [0.15, 0.2) is 16.8 Å². The van der Waals surface area contributed by atoms with E-state index in [9.17, 15) is 9.59 Å². The third-order valence-corrected chi connectivity index (χ3v) is 6.18. The molecule has 0 aliphatic heterocycles. The minimum Gasteiger partial charge on any atom is -0.342 e. The minimum atomic E-state index is -0.365. The second-order valence-electron chi connectivity index (χ2n) is 6.97. The Kier molecular flexibility index (Phi) is 7.81. The number of hydrogen-bond donors (Lipinski definition) is 1. The Hall–Kier alpha value is -2.71. The molecule has 0 aliphatic carbocycles. The van der Waals surface area contributed by atoms with Crippen molar-refractivity contribution in [1.29, 1.82) is 0 Å². The fourth-order valence-corrected chi connectivity index (χ4v) is 4.16. The van der Waals surface area contributed by atoms with Gasteiger partial charge >= 0.3 is 0 Å². The predicted molar refractivity (Wildman–Crippen MR) is 126 cm³/mol. The van der Waals surface area contributed by atoms with Crippen molar-refractivity contribution in [2.24, 2.45) is 0 Å². The number of hydrogen-bond acceptors (Lipinski definition) is 5. The van der Waals surface area contributed by atoms with Gasteiger partial charge in [-0.15, -0.1) is 16.8 Å². The van der Waals surface area contributed by atoms with Crippen molar-refractivity contribution in [3.05, 3.63) is 88.2 Å². The van der Waals surface area contributed by atoms with Crippen LogP contribution >= 0.6 is 27.7 Å². The van der Waals surface area contributed by atoms with E-state index in [0.717, 1.165) is 10.0 Å². The normalized spacial score (nSPS) is 11.7. The number of halogens is 1. The molecule has 0 saturated heterocycles. The third kappa shape index (κ3) is 5.71. The van der Waals surface area contributed by atoms with Gasteiger partial charge in [-0.3, -0.25) is 9.59 Å². The molecule has 1 atom stereocenters. The largest absolute Gasteiger partial charge is 0.342 e. The molecule has 8 heteroatoms. The molecule has 31 heavy (non-hydrogen) atoms. The van der Waals surface area contributed by atoms with Crippen LogP contribution in [0.3, 0.4) is 0 Å². The smallest absolute Gasteiger partial charge is 0.252 e. The van der Waals surface area contributed by atoms with Crippen molar-refractivity contribution in [2.75, 3.05) is 5.75 Å². The summed E-state index contributed by atoms with van der Waals surface area (Å²) >= 11 is 4.69. The maximum absolute atomic E-state index is 12.7. The monoisotopic (exact) mass is 498 g/mol. The first-order valence-electron chi connectivity index (χ1n) is 9.72. The number of allylic oxidation sites excluding steroid dienone is 1. The highest BCUT2D eigenvalue weighted by molar-refractivity contribution is 9.10. The fourth-order valence-electron chi connectivity index (χ4n) is 3.04. The van der Waals surface area contributed by atoms with Crippen LogP contribution in [0.4, 0.5) is 0 Å². The number of carbonyl (C=O) groups excluding carboxylic acids is 2. The molecule has 1 aromatic heterocycles. The summed E-state index contributed by atoms with van der Waals surface area (Å²) in [6, 6.07) is 14.3. The lowest BCUT2D eigenvalue weighted by Gasteiger charge is -2.16. The Bertz CT molecular complexity index is 1100. The number of carbonyl (C=O) groups is 2. The Balaban J connectivity index is 1.72. The second kappa shape index (κ2) is 10.5. The third-order valence-electron chi connectivity index (χ3n) is 4.68. The molecule has 3 rings (SSSR count). The van der Waals surface area contributed by atoms with E-state index >= 15 is 0 Å². The van der Waals surface area contributed by atoms with E-state index in [1.807, 2.05) is 48.7 Å². The summed E-state index contributed by atoms with van der Waals surface area (Å²) in [6.07, 6.45) is 1.74. The fraction of sp³-hybridized carbons (Fsp3) is 0.217. The van der Waals surface area contributed by atoms with Crippen molar-refractivity contribution in [1.82, 2.24) is 20.1 Å². The van der Waals surface area contributed by atoms with E-state index in [-0.39, 0.29) is 23.5 Å². The van der Waals surface area contributed by atoms with Crippen molar-refractivity contribution >= 4 is 39.4 Å². The number of aryl methyl sites for hydroxylation is 1. The predicted octanol–water partition coefficient (Wildman–Crippen LogP) is 5.00. The maximum Gasteiger partial charge on any atom is 0.252 e. The molecule has 3 aromatic rings. The van der Waals surface area contributed by atoms with Gasteiger partial charge in [0.05, 0.1) is 11.8 Å². The molecule has 0 spiro atoms. The number of ketones is 1. The zero-order valence-electron chi connectivity index (χ0n) is 17.3. The maximum atomic E-state index is 12.7. The molecule has 0 bridgehead atoms. The lowest BCUT2D eigenvalue weighted by atomic mass is 10.1. The summed E-state index contributed by atoms with van der Waals surface area (Å²) < 4.78 is 2.80. The van der Waals surface area contributed by atoms with Crippen LogP contribution in [-0.2, 0) is 6.54 Å². The summed E-state index contributed by atoms with van der Waals surface area (Å²) in [6.45, 7) is 8.04. The van der Waals surface area contributed by atoms with Gasteiger partial charge in [-0.25, -0.2) is 0 Å². The van der Waals surface area contributed by atoms with Gasteiger partial charge in [0.25, 0.3) is 5.91 Å². The quantitative estimate of drug-likeness (QED) is 0.255. The number of Topliss-reactive ketones (excluding diaryl/α,β-unsaturated/α-hetero) is 1. The number of rotatable bonds is 9. The first-order valence-corrected chi connectivity index (χ1v) is 11.5. The number of nitrogens with zero attached hydrogens (tertiary/aromatic N) is 3. The molecule has 0 saturated carbocycles. The van der Waals surface area contributed by atoms with Crippen LogP contribution < -0.4 is 5.32 Å². The molecule has 160 valence electrons. The van der Waals surface area contributed by atoms with Crippen molar-refractivity contribution in [3.8, 4) is 0 Å². The summed E-state index contributed by atoms with van der Waals surface area (Å²) in [5.74, 6) is 0.688. The van der Waals surface area contributed by atoms with Gasteiger partial charge in [0.1, 0.15) is 0 Å². The standard InChI is InChI=1S/C23H23BrN4O2S/c1-4-13-28-21(16(3)25-22(30)19-8-6-5-7-15(19)2)26-27-23(28)31-14-20(29)17-9-11-18(24)12-10-17/h4-12,16H,1,13-14H2,2-3H3,(H,25,30). The Morgan fingerprint density at radius 2 is 1.90 bits per heavy atom. The number of nitrogens with one attached hydrogen (secondary N) is 1. The molecule has 1 heterocycles. The highest BCUT2D eigenvalue weighted by Gasteiger charge is 2.21. The van der Waals surface area contributed by atoms with Crippen LogP contribution in [0, 0.1) is 6.92 Å². The van der Waals surface area contributed by atoms with E-state index in [4.69, 9.17) is 0 Å². The summed E-state index contributed by atoms with van der Waals surface area (Å²) in [5, 5.41) is 12.1. The van der Waals surface area contributed by atoms with Gasteiger partial charge in [-0.1, -0.05) is 64.1 Å². The summed E-state index contributed by atoms with van der Waals surface area (Å²) in [4.78, 5) is 25.2. The minimum absolute atomic E-state index is 0.00751. The zero-order chi connectivity index (χ0) is 22.4. The zero-order valence-corrected chi connectivity index (χ0v) is 19.7. The molecular weight excluding hydrogens is 476 g/mol. The second-order valence-corrected chi connectivity index (χ2v) is 8.83. The van der Waals surface area contributed by atoms with Crippen LogP contribution in [0.25, 0.3) is 0 Å². The number of thioether (sulfide) groups is 1. The highest BCUT2D eigenvalue weighted by Crippen LogP contribution is 2.23. The lowest BCUT2D eigenvalue weighted by molar-refractivity contribution is 0.0936. The Morgan fingerprint density at radius 3 is 2.58 bits per heavy atom. The van der Waals surface area contributed by atoms with E-state index in [1.165, 1.54) is 11.8 Å².